The van der Waals surface area contributed by atoms with Crippen LogP contribution in [0.3, 0.4) is 0 Å². The van der Waals surface area contributed by atoms with Crippen LogP contribution in [0.2, 0.25) is 0 Å². The smallest absolute Gasteiger partial charge is 0.333 e. The van der Waals surface area contributed by atoms with Crippen LogP contribution in [0.25, 0.3) is 0 Å². The molecule has 0 spiro atoms. The molecular weight excluding hydrogens is 416 g/mol. The normalized spacial score (nSPS) is 20.4. The van der Waals surface area contributed by atoms with Gasteiger partial charge in [-0.15, -0.1) is 0 Å². The molecule has 0 saturated carbocycles. The third kappa shape index (κ3) is 8.29. The number of nitrogens with zero attached hydrogens (tertiary/aromatic N) is 2. The first-order chi connectivity index (χ1) is 14.6. The number of rotatable bonds is 11. The second-order valence-electron chi connectivity index (χ2n) is 10.0. The number of carbonyl (C=O) groups is 2. The van der Waals surface area contributed by atoms with E-state index in [1.54, 1.807) is 0 Å². The second-order valence-corrected chi connectivity index (χ2v) is 10.0. The van der Waals surface area contributed by atoms with Crippen molar-refractivity contribution in [1.82, 2.24) is 9.96 Å². The summed E-state index contributed by atoms with van der Waals surface area (Å²) in [5, 5.41) is 33.0. The van der Waals surface area contributed by atoms with Crippen molar-refractivity contribution in [3.05, 3.63) is 24.3 Å². The number of hydroxylamine groups is 2. The Morgan fingerprint density at radius 1 is 0.938 bits per heavy atom. The summed E-state index contributed by atoms with van der Waals surface area (Å²) >= 11 is 0. The van der Waals surface area contributed by atoms with Crippen LogP contribution in [0, 0.1) is 0 Å². The van der Waals surface area contributed by atoms with Crippen molar-refractivity contribution in [2.24, 2.45) is 0 Å². The van der Waals surface area contributed by atoms with Gasteiger partial charge in [0.25, 0.3) is 0 Å². The van der Waals surface area contributed by atoms with E-state index in [0.717, 1.165) is 0 Å². The topological polar surface area (TPSA) is 120 Å². The van der Waals surface area contributed by atoms with Crippen LogP contribution in [0.4, 0.5) is 0 Å². The van der Waals surface area contributed by atoms with Gasteiger partial charge in [-0.3, -0.25) is 4.90 Å². The van der Waals surface area contributed by atoms with Crippen molar-refractivity contribution in [1.29, 1.82) is 0 Å². The van der Waals surface area contributed by atoms with E-state index >= 15 is 0 Å². The van der Waals surface area contributed by atoms with Gasteiger partial charge in [0.15, 0.2) is 0 Å². The summed E-state index contributed by atoms with van der Waals surface area (Å²) in [7, 11) is 0. The molecule has 0 bridgehead atoms. The lowest BCUT2D eigenvalue weighted by Gasteiger charge is -2.54. The number of carbonyl (C=O) groups excluding carboxylic acids is 2. The Bertz CT molecular complexity index is 648. The van der Waals surface area contributed by atoms with Gasteiger partial charge < -0.3 is 24.9 Å². The monoisotopic (exact) mass is 456 g/mol. The van der Waals surface area contributed by atoms with E-state index in [-0.39, 0.29) is 43.5 Å². The number of piperidine rings is 1. The molecular formula is C23H40N2O7. The van der Waals surface area contributed by atoms with E-state index < -0.39 is 35.2 Å². The first kappa shape index (κ1) is 28.3. The fourth-order valence-corrected chi connectivity index (χ4v) is 4.09. The number of aliphatic hydroxyl groups is 2. The molecule has 2 atom stereocenters. The molecule has 1 heterocycles. The Kier molecular flexibility index (Phi) is 10.0. The predicted molar refractivity (Wildman–Crippen MR) is 120 cm³/mol. The molecule has 9 nitrogen and oxygen atoms in total. The number of hydrogen-bond donors (Lipinski definition) is 3. The molecule has 1 fully saturated rings. The molecule has 1 aliphatic heterocycles. The van der Waals surface area contributed by atoms with Gasteiger partial charge in [-0.2, -0.15) is 5.06 Å². The zero-order valence-electron chi connectivity index (χ0n) is 20.3. The molecule has 9 heteroatoms. The van der Waals surface area contributed by atoms with Crippen LogP contribution in [0.1, 0.15) is 54.4 Å². The van der Waals surface area contributed by atoms with Gasteiger partial charge in [-0.1, -0.05) is 13.2 Å². The van der Waals surface area contributed by atoms with Crippen LogP contribution in [0.5, 0.6) is 0 Å². The van der Waals surface area contributed by atoms with Crippen LogP contribution < -0.4 is 0 Å². The maximum Gasteiger partial charge on any atom is 0.333 e. The van der Waals surface area contributed by atoms with Gasteiger partial charge >= 0.3 is 11.9 Å². The molecule has 0 aromatic carbocycles. The molecule has 2 unspecified atom stereocenters. The van der Waals surface area contributed by atoms with Crippen molar-refractivity contribution in [2.75, 3.05) is 26.3 Å². The van der Waals surface area contributed by atoms with E-state index in [4.69, 9.17) is 9.47 Å². The molecule has 0 amide bonds. The summed E-state index contributed by atoms with van der Waals surface area (Å²) in [4.78, 5) is 25.2. The molecule has 184 valence electrons. The molecule has 0 aromatic rings. The minimum absolute atomic E-state index is 0.0959. The number of hydrogen-bond acceptors (Lipinski definition) is 9. The average Bonchev–Trinajstić information content (AvgIpc) is 2.66. The van der Waals surface area contributed by atoms with Crippen molar-refractivity contribution in [2.45, 2.75) is 83.7 Å². The average molecular weight is 457 g/mol. The third-order valence-electron chi connectivity index (χ3n) is 5.53. The van der Waals surface area contributed by atoms with Crippen LogP contribution >= 0.6 is 0 Å². The van der Waals surface area contributed by atoms with Gasteiger partial charge in [0, 0.05) is 41.4 Å². The van der Waals surface area contributed by atoms with E-state index in [1.165, 1.54) is 18.9 Å². The summed E-state index contributed by atoms with van der Waals surface area (Å²) in [6.45, 7) is 17.6. The van der Waals surface area contributed by atoms with E-state index in [1.807, 2.05) is 32.6 Å². The van der Waals surface area contributed by atoms with Crippen molar-refractivity contribution >= 4 is 11.9 Å². The van der Waals surface area contributed by atoms with Crippen LogP contribution in [-0.2, 0) is 19.1 Å². The van der Waals surface area contributed by atoms with Gasteiger partial charge in [0.1, 0.15) is 25.4 Å². The van der Waals surface area contributed by atoms with Gasteiger partial charge in [-0.05, 0) is 54.4 Å². The third-order valence-corrected chi connectivity index (χ3v) is 5.53. The number of esters is 2. The van der Waals surface area contributed by atoms with Crippen molar-refractivity contribution in [3.63, 3.8) is 0 Å². The Hall–Kier alpha value is -1.78. The van der Waals surface area contributed by atoms with Gasteiger partial charge in [0.2, 0.25) is 0 Å². The van der Waals surface area contributed by atoms with Crippen molar-refractivity contribution in [3.8, 4) is 0 Å². The largest absolute Gasteiger partial charge is 0.460 e. The molecule has 0 aromatic heterocycles. The molecule has 0 aliphatic carbocycles. The Morgan fingerprint density at radius 3 is 1.59 bits per heavy atom. The Balaban J connectivity index is 2.94. The minimum atomic E-state index is -0.998. The second kappa shape index (κ2) is 11.4. The summed E-state index contributed by atoms with van der Waals surface area (Å²) in [5.74, 6) is -1.17. The van der Waals surface area contributed by atoms with Gasteiger partial charge in [-0.25, -0.2) is 9.59 Å². The number of ether oxygens (including phenoxy) is 2. The zero-order chi connectivity index (χ0) is 24.9. The van der Waals surface area contributed by atoms with E-state index in [0.29, 0.717) is 12.8 Å². The summed E-state index contributed by atoms with van der Waals surface area (Å²) < 4.78 is 10.1. The fourth-order valence-electron chi connectivity index (χ4n) is 4.09. The zero-order valence-corrected chi connectivity index (χ0v) is 20.3. The lowest BCUT2D eigenvalue weighted by atomic mass is 9.78. The molecule has 1 rings (SSSR count). The SMILES string of the molecule is C=C(C)C(=O)OCC(O)CN(CC(O)COC(=O)C(=C)C)C1CC(C)(C)N(O)C(C)(C)C1. The summed E-state index contributed by atoms with van der Waals surface area (Å²) in [6.07, 6.45) is -0.851. The molecule has 1 saturated heterocycles. The first-order valence-electron chi connectivity index (χ1n) is 10.8. The highest BCUT2D eigenvalue weighted by atomic mass is 16.5. The number of aliphatic hydroxyl groups excluding tert-OH is 2. The quantitative estimate of drug-likeness (QED) is 0.315. The maximum atomic E-state index is 11.6. The lowest BCUT2D eigenvalue weighted by Crippen LogP contribution is -2.64. The minimum Gasteiger partial charge on any atom is -0.460 e. The highest BCUT2D eigenvalue weighted by Gasteiger charge is 2.46. The first-order valence-corrected chi connectivity index (χ1v) is 10.8. The maximum absolute atomic E-state index is 11.6. The summed E-state index contributed by atoms with van der Waals surface area (Å²) in [6, 6.07) is -0.0959. The lowest BCUT2D eigenvalue weighted by molar-refractivity contribution is -0.253. The van der Waals surface area contributed by atoms with Crippen molar-refractivity contribution < 1.29 is 34.5 Å². The van der Waals surface area contributed by atoms with E-state index in [2.05, 4.69) is 13.2 Å². The molecule has 1 aliphatic rings. The van der Waals surface area contributed by atoms with Crippen LogP contribution in [0.15, 0.2) is 24.3 Å². The van der Waals surface area contributed by atoms with Crippen LogP contribution in [-0.4, -0.2) is 93.0 Å². The molecule has 0 radical (unpaired) electrons. The standard InChI is InChI=1S/C23H40N2O7/c1-15(2)20(28)31-13-18(26)11-24(12-19(27)14-32-21(29)16(3)4)17-9-22(5,6)25(30)23(7,8)10-17/h17-19,26-27,30H,1,3,9-14H2,2,4-8H3. The highest BCUT2D eigenvalue weighted by Crippen LogP contribution is 2.38. The summed E-state index contributed by atoms with van der Waals surface area (Å²) in [5.41, 5.74) is -0.607. The Labute approximate surface area is 191 Å². The van der Waals surface area contributed by atoms with Gasteiger partial charge in [0.05, 0.1) is 0 Å². The molecule has 32 heavy (non-hydrogen) atoms. The highest BCUT2D eigenvalue weighted by molar-refractivity contribution is 5.87. The predicted octanol–water partition coefficient (Wildman–Crippen LogP) is 1.66. The van der Waals surface area contributed by atoms with E-state index in [9.17, 15) is 25.0 Å². The fraction of sp³-hybridized carbons (Fsp3) is 0.739. The Morgan fingerprint density at radius 2 is 1.28 bits per heavy atom. The molecule has 3 N–H and O–H groups in total.